The van der Waals surface area contributed by atoms with Gasteiger partial charge in [0.1, 0.15) is 5.54 Å². The van der Waals surface area contributed by atoms with Crippen molar-refractivity contribution >= 4 is 11.6 Å². The van der Waals surface area contributed by atoms with Crippen LogP contribution in [0.4, 0.5) is 5.69 Å². The van der Waals surface area contributed by atoms with Crippen LogP contribution in [0, 0.1) is 6.57 Å². The lowest BCUT2D eigenvalue weighted by molar-refractivity contribution is -0.143. The standard InChI is InChI=1S/C16H18N2O3/c1-3-15(6-7-19)13-8-11(17-2)4-5-12(13)16(9-21-10-16)18-14(15)20/h4-5,8,19H,3,6-7,9-10H2,1H3,(H,18,20). The predicted octanol–water partition coefficient (Wildman–Crippen LogP) is 1.62. The van der Waals surface area contributed by atoms with Crippen molar-refractivity contribution in [1.29, 1.82) is 0 Å². The van der Waals surface area contributed by atoms with E-state index in [1.54, 1.807) is 12.1 Å². The maximum atomic E-state index is 12.8. The summed E-state index contributed by atoms with van der Waals surface area (Å²) in [6, 6.07) is 5.51. The molecule has 0 bridgehead atoms. The van der Waals surface area contributed by atoms with Crippen LogP contribution < -0.4 is 5.32 Å². The Kier molecular flexibility index (Phi) is 3.23. The van der Waals surface area contributed by atoms with Crippen molar-refractivity contribution in [3.63, 3.8) is 0 Å². The molecule has 1 unspecified atom stereocenters. The number of fused-ring (bicyclic) bond motifs is 2. The summed E-state index contributed by atoms with van der Waals surface area (Å²) in [5, 5.41) is 12.5. The molecule has 2 heterocycles. The molecule has 2 N–H and O–H groups in total. The first-order valence-electron chi connectivity index (χ1n) is 7.15. The maximum Gasteiger partial charge on any atom is 0.231 e. The SMILES string of the molecule is [C-]#[N+]c1ccc2c(c1)C(CC)(CCO)C(=O)NC21COC1. The molecule has 110 valence electrons. The summed E-state index contributed by atoms with van der Waals surface area (Å²) in [5.74, 6) is -0.0722. The van der Waals surface area contributed by atoms with Crippen LogP contribution in [-0.4, -0.2) is 30.8 Å². The molecule has 1 aromatic rings. The molecule has 0 aliphatic carbocycles. The average molecular weight is 286 g/mol. The van der Waals surface area contributed by atoms with Gasteiger partial charge >= 0.3 is 0 Å². The van der Waals surface area contributed by atoms with Crippen LogP contribution in [0.3, 0.4) is 0 Å². The fourth-order valence-corrected chi connectivity index (χ4v) is 3.44. The van der Waals surface area contributed by atoms with E-state index in [0.29, 0.717) is 31.7 Å². The number of aliphatic hydroxyl groups is 1. The van der Waals surface area contributed by atoms with Gasteiger partial charge in [-0.2, -0.15) is 0 Å². The van der Waals surface area contributed by atoms with Crippen molar-refractivity contribution in [3.05, 3.63) is 40.7 Å². The summed E-state index contributed by atoms with van der Waals surface area (Å²) in [6.07, 6.45) is 0.950. The Bertz CT molecular complexity index is 631. The predicted molar refractivity (Wildman–Crippen MR) is 77.0 cm³/mol. The molecular weight excluding hydrogens is 268 g/mol. The lowest BCUT2D eigenvalue weighted by Gasteiger charge is -2.51. The molecule has 1 atom stereocenters. The van der Waals surface area contributed by atoms with Gasteiger partial charge in [0, 0.05) is 6.61 Å². The lowest BCUT2D eigenvalue weighted by Crippen LogP contribution is -2.67. The number of nitrogens with one attached hydrogen (secondary N) is 1. The molecular formula is C16H18N2O3. The third kappa shape index (κ3) is 1.80. The second kappa shape index (κ2) is 4.83. The monoisotopic (exact) mass is 286 g/mol. The summed E-state index contributed by atoms with van der Waals surface area (Å²) in [5.41, 5.74) is 1.21. The molecule has 5 nitrogen and oxygen atoms in total. The van der Waals surface area contributed by atoms with Crippen molar-refractivity contribution < 1.29 is 14.6 Å². The highest BCUT2D eigenvalue weighted by Gasteiger charge is 2.54. The van der Waals surface area contributed by atoms with Crippen LogP contribution in [-0.2, 0) is 20.5 Å². The van der Waals surface area contributed by atoms with E-state index in [2.05, 4.69) is 10.2 Å². The van der Waals surface area contributed by atoms with Gasteiger partial charge in [-0.3, -0.25) is 4.79 Å². The number of aliphatic hydroxyl groups excluding tert-OH is 1. The molecule has 1 spiro atoms. The number of benzene rings is 1. The minimum atomic E-state index is -0.758. The van der Waals surface area contributed by atoms with Gasteiger partial charge in [-0.15, -0.1) is 0 Å². The van der Waals surface area contributed by atoms with Crippen LogP contribution in [0.2, 0.25) is 0 Å². The summed E-state index contributed by atoms with van der Waals surface area (Å²) in [4.78, 5) is 16.2. The minimum absolute atomic E-state index is 0.0631. The number of carbonyl (C=O) groups excluding carboxylic acids is 1. The Balaban J connectivity index is 2.23. The van der Waals surface area contributed by atoms with Gasteiger partial charge in [0.25, 0.3) is 0 Å². The molecule has 1 amide bonds. The molecule has 0 saturated carbocycles. The Morgan fingerprint density at radius 1 is 1.43 bits per heavy atom. The number of hydrogen-bond donors (Lipinski definition) is 2. The molecule has 1 aromatic carbocycles. The van der Waals surface area contributed by atoms with Crippen molar-refractivity contribution in [2.75, 3.05) is 19.8 Å². The number of carbonyl (C=O) groups is 1. The molecule has 0 aromatic heterocycles. The van der Waals surface area contributed by atoms with Gasteiger partial charge < -0.3 is 15.2 Å². The summed E-state index contributed by atoms with van der Waals surface area (Å²) in [7, 11) is 0. The molecule has 2 aliphatic heterocycles. The first-order chi connectivity index (χ1) is 10.1. The van der Waals surface area contributed by atoms with Crippen molar-refractivity contribution in [2.45, 2.75) is 30.7 Å². The largest absolute Gasteiger partial charge is 0.396 e. The fourth-order valence-electron chi connectivity index (χ4n) is 3.44. The Labute approximate surface area is 123 Å². The number of nitrogens with zero attached hydrogens (tertiary/aromatic N) is 1. The van der Waals surface area contributed by atoms with Crippen molar-refractivity contribution in [1.82, 2.24) is 5.32 Å². The molecule has 1 saturated heterocycles. The number of rotatable bonds is 3. The number of amides is 1. The zero-order valence-electron chi connectivity index (χ0n) is 12.0. The summed E-state index contributed by atoms with van der Waals surface area (Å²) < 4.78 is 5.31. The van der Waals surface area contributed by atoms with E-state index < -0.39 is 11.0 Å². The van der Waals surface area contributed by atoms with Crippen LogP contribution in [0.1, 0.15) is 30.9 Å². The van der Waals surface area contributed by atoms with Gasteiger partial charge in [-0.1, -0.05) is 25.1 Å². The first kappa shape index (κ1) is 14.1. The normalized spacial score (nSPS) is 25.7. The van der Waals surface area contributed by atoms with Crippen molar-refractivity contribution in [2.24, 2.45) is 0 Å². The van der Waals surface area contributed by atoms with Gasteiger partial charge in [0.2, 0.25) is 5.91 Å². The second-order valence-electron chi connectivity index (χ2n) is 5.78. The minimum Gasteiger partial charge on any atom is -0.396 e. The molecule has 0 radical (unpaired) electrons. The van der Waals surface area contributed by atoms with Crippen LogP contribution in [0.15, 0.2) is 18.2 Å². The van der Waals surface area contributed by atoms with E-state index in [9.17, 15) is 9.90 Å². The van der Waals surface area contributed by atoms with E-state index in [4.69, 9.17) is 11.3 Å². The highest BCUT2D eigenvalue weighted by atomic mass is 16.5. The van der Waals surface area contributed by atoms with Gasteiger partial charge in [-0.05, 0) is 24.0 Å². The zero-order valence-corrected chi connectivity index (χ0v) is 12.0. The van der Waals surface area contributed by atoms with Crippen LogP contribution >= 0.6 is 0 Å². The smallest absolute Gasteiger partial charge is 0.231 e. The van der Waals surface area contributed by atoms with Crippen molar-refractivity contribution in [3.8, 4) is 0 Å². The summed E-state index contributed by atoms with van der Waals surface area (Å²) in [6.45, 7) is 10.0. The number of ether oxygens (including phenoxy) is 1. The van der Waals surface area contributed by atoms with Gasteiger partial charge in [0.15, 0.2) is 5.69 Å². The summed E-state index contributed by atoms with van der Waals surface area (Å²) >= 11 is 0. The number of hydrogen-bond acceptors (Lipinski definition) is 3. The first-order valence-corrected chi connectivity index (χ1v) is 7.15. The highest BCUT2D eigenvalue weighted by Crippen LogP contribution is 2.46. The molecule has 1 fully saturated rings. The van der Waals surface area contributed by atoms with E-state index in [0.717, 1.165) is 11.1 Å². The van der Waals surface area contributed by atoms with E-state index in [1.165, 1.54) is 0 Å². The third-order valence-electron chi connectivity index (χ3n) is 4.79. The molecule has 3 rings (SSSR count). The second-order valence-corrected chi connectivity index (χ2v) is 5.78. The van der Waals surface area contributed by atoms with E-state index >= 15 is 0 Å². The third-order valence-corrected chi connectivity index (χ3v) is 4.79. The average Bonchev–Trinajstić information content (AvgIpc) is 2.47. The van der Waals surface area contributed by atoms with E-state index in [1.807, 2.05) is 13.0 Å². The molecule has 21 heavy (non-hydrogen) atoms. The quantitative estimate of drug-likeness (QED) is 0.830. The maximum absolute atomic E-state index is 12.8. The Morgan fingerprint density at radius 2 is 2.19 bits per heavy atom. The molecule has 2 aliphatic rings. The zero-order chi connectivity index (χ0) is 15.1. The highest BCUT2D eigenvalue weighted by molar-refractivity contribution is 5.92. The Morgan fingerprint density at radius 3 is 2.71 bits per heavy atom. The van der Waals surface area contributed by atoms with Gasteiger partial charge in [0.05, 0.1) is 25.2 Å². The topological polar surface area (TPSA) is 62.9 Å². The van der Waals surface area contributed by atoms with Gasteiger partial charge in [-0.25, -0.2) is 4.85 Å². The van der Waals surface area contributed by atoms with E-state index in [-0.39, 0.29) is 12.5 Å². The van der Waals surface area contributed by atoms with Crippen LogP contribution in [0.25, 0.3) is 4.85 Å². The fraction of sp³-hybridized carbons (Fsp3) is 0.500. The Hall–Kier alpha value is -1.90. The lowest BCUT2D eigenvalue weighted by atomic mass is 9.65. The van der Waals surface area contributed by atoms with Crippen LogP contribution in [0.5, 0.6) is 0 Å². The molecule has 5 heteroatoms.